The third-order valence-corrected chi connectivity index (χ3v) is 7.60. The van der Waals surface area contributed by atoms with Gasteiger partial charge in [-0.05, 0) is 75.6 Å². The summed E-state index contributed by atoms with van der Waals surface area (Å²) < 4.78 is 14.3. The van der Waals surface area contributed by atoms with Crippen LogP contribution in [0.2, 0.25) is 0 Å². The first-order valence-corrected chi connectivity index (χ1v) is 13.4. The summed E-state index contributed by atoms with van der Waals surface area (Å²) in [5, 5.41) is 19.3. The van der Waals surface area contributed by atoms with Crippen molar-refractivity contribution in [3.8, 4) is 11.6 Å². The molecule has 0 radical (unpaired) electrons. The number of nitrogens with zero attached hydrogens (tertiary/aromatic N) is 3. The number of pyridine rings is 2. The molecule has 0 bridgehead atoms. The molecule has 0 aromatic carbocycles. The van der Waals surface area contributed by atoms with Crippen LogP contribution in [0.25, 0.3) is 15.7 Å². The number of aliphatic hydroxyl groups is 1. The number of primary amides is 1. The number of hydrogen-bond donors (Lipinski definition) is 3. The number of ether oxygens (including phenoxy) is 2. The molecule has 0 spiro atoms. The fourth-order valence-electron chi connectivity index (χ4n) is 4.56. The first-order valence-electron chi connectivity index (χ1n) is 12.6. The van der Waals surface area contributed by atoms with Gasteiger partial charge in [-0.15, -0.1) is 11.3 Å². The Kier molecular flexibility index (Phi) is 6.97. The van der Waals surface area contributed by atoms with Gasteiger partial charge in [0, 0.05) is 6.04 Å². The van der Waals surface area contributed by atoms with Crippen LogP contribution in [0.5, 0.6) is 11.6 Å². The molecule has 10 nitrogen and oxygen atoms in total. The standard InChI is InChI=1S/C27H31N5O5S/c1-15-13-38-22-10-19(24(28)33)26(31-23(15)22)37-17-6-4-16(5-7-17)30-25(34)20-11-29-32-12-18(8-9-21(20)32)36-14-27(2,3)35/h8-13,16-17,35H,4-7,14H2,1-3H3,(H2,28,33)(H,30,34)/t16-,17-. The number of rotatable bonds is 8. The van der Waals surface area contributed by atoms with Gasteiger partial charge in [0.2, 0.25) is 5.88 Å². The van der Waals surface area contributed by atoms with Gasteiger partial charge in [0.1, 0.15) is 24.0 Å². The number of aryl methyl sites for hydroxylation is 1. The van der Waals surface area contributed by atoms with Crippen molar-refractivity contribution in [3.63, 3.8) is 0 Å². The predicted molar refractivity (Wildman–Crippen MR) is 144 cm³/mol. The molecule has 0 unspecified atom stereocenters. The van der Waals surface area contributed by atoms with E-state index in [2.05, 4.69) is 15.4 Å². The van der Waals surface area contributed by atoms with E-state index in [1.165, 1.54) is 11.3 Å². The van der Waals surface area contributed by atoms with E-state index in [0.717, 1.165) is 28.6 Å². The SMILES string of the molecule is Cc1csc2cc(C(N)=O)c(O[C@H]3CC[C@H](NC(=O)c4cnn5cc(OCC(C)(C)O)ccc45)CC3)nc12. The Bertz CT molecular complexity index is 1500. The first-order chi connectivity index (χ1) is 18.1. The smallest absolute Gasteiger partial charge is 0.255 e. The molecule has 1 saturated carbocycles. The molecule has 4 aromatic heterocycles. The van der Waals surface area contributed by atoms with Gasteiger partial charge in [-0.1, -0.05) is 0 Å². The quantitative estimate of drug-likeness (QED) is 0.312. The number of carbonyl (C=O) groups excluding carboxylic acids is 2. The Morgan fingerprint density at radius 2 is 2.00 bits per heavy atom. The zero-order valence-corrected chi connectivity index (χ0v) is 22.4. The molecule has 1 aliphatic rings. The van der Waals surface area contributed by atoms with Crippen molar-refractivity contribution < 1.29 is 24.2 Å². The van der Waals surface area contributed by atoms with Gasteiger partial charge in [-0.2, -0.15) is 5.10 Å². The highest BCUT2D eigenvalue weighted by atomic mass is 32.1. The fraction of sp³-hybridized carbons (Fsp3) is 0.407. The van der Waals surface area contributed by atoms with Crippen molar-refractivity contribution in [2.45, 2.75) is 64.2 Å². The Labute approximate surface area is 223 Å². The number of amides is 2. The zero-order chi connectivity index (χ0) is 27.0. The third kappa shape index (κ3) is 5.58. The van der Waals surface area contributed by atoms with Crippen LogP contribution >= 0.6 is 11.3 Å². The summed E-state index contributed by atoms with van der Waals surface area (Å²) in [4.78, 5) is 29.6. The maximum Gasteiger partial charge on any atom is 0.255 e. The number of nitrogens with one attached hydrogen (secondary N) is 1. The molecule has 38 heavy (non-hydrogen) atoms. The Hall–Kier alpha value is -3.70. The van der Waals surface area contributed by atoms with Crippen LogP contribution in [-0.4, -0.2) is 55.9 Å². The predicted octanol–water partition coefficient (Wildman–Crippen LogP) is 3.62. The summed E-state index contributed by atoms with van der Waals surface area (Å²) in [6, 6.07) is 5.28. The van der Waals surface area contributed by atoms with E-state index in [-0.39, 0.29) is 36.1 Å². The van der Waals surface area contributed by atoms with Gasteiger partial charge in [0.05, 0.1) is 39.3 Å². The van der Waals surface area contributed by atoms with Crippen molar-refractivity contribution >= 4 is 38.9 Å². The van der Waals surface area contributed by atoms with Crippen LogP contribution in [0.3, 0.4) is 0 Å². The van der Waals surface area contributed by atoms with Gasteiger partial charge >= 0.3 is 0 Å². The normalized spacial score (nSPS) is 18.0. The lowest BCUT2D eigenvalue weighted by molar-refractivity contribution is 0.0283. The summed E-state index contributed by atoms with van der Waals surface area (Å²) in [7, 11) is 0. The molecule has 5 rings (SSSR count). The maximum absolute atomic E-state index is 13.0. The highest BCUT2D eigenvalue weighted by molar-refractivity contribution is 7.17. The highest BCUT2D eigenvalue weighted by Gasteiger charge is 2.27. The van der Waals surface area contributed by atoms with Gasteiger partial charge in [-0.3, -0.25) is 9.59 Å². The Balaban J connectivity index is 1.20. The minimum atomic E-state index is -0.953. The van der Waals surface area contributed by atoms with E-state index in [1.807, 2.05) is 12.3 Å². The van der Waals surface area contributed by atoms with Crippen LogP contribution in [0.15, 0.2) is 36.0 Å². The van der Waals surface area contributed by atoms with Crippen LogP contribution in [-0.2, 0) is 0 Å². The number of nitrogens with two attached hydrogens (primary N) is 1. The van der Waals surface area contributed by atoms with Gasteiger partial charge < -0.3 is 25.6 Å². The van der Waals surface area contributed by atoms with Gasteiger partial charge in [-0.25, -0.2) is 9.50 Å². The zero-order valence-electron chi connectivity index (χ0n) is 21.6. The van der Waals surface area contributed by atoms with Crippen LogP contribution in [0, 0.1) is 6.92 Å². The van der Waals surface area contributed by atoms with Crippen LogP contribution < -0.4 is 20.5 Å². The van der Waals surface area contributed by atoms with Gasteiger partial charge in [0.15, 0.2) is 0 Å². The molecule has 0 saturated heterocycles. The second kappa shape index (κ2) is 10.2. The lowest BCUT2D eigenvalue weighted by atomic mass is 9.92. The topological polar surface area (TPSA) is 141 Å². The molecule has 0 aliphatic heterocycles. The summed E-state index contributed by atoms with van der Waals surface area (Å²) >= 11 is 1.52. The second-order valence-corrected chi connectivity index (χ2v) is 11.3. The second-order valence-electron chi connectivity index (χ2n) is 10.4. The average molecular weight is 538 g/mol. The molecular formula is C27H31N5O5S. The number of fused-ring (bicyclic) bond motifs is 2. The minimum absolute atomic E-state index is 0.00291. The molecule has 4 N–H and O–H groups in total. The van der Waals surface area contributed by atoms with Crippen molar-refractivity contribution in [1.82, 2.24) is 19.9 Å². The summed E-state index contributed by atoms with van der Waals surface area (Å²) in [5.41, 5.74) is 7.93. The van der Waals surface area contributed by atoms with Crippen LogP contribution in [0.1, 0.15) is 65.8 Å². The summed E-state index contributed by atoms with van der Waals surface area (Å²) in [6.45, 7) is 5.45. The number of carbonyl (C=O) groups is 2. The van der Waals surface area contributed by atoms with Crippen molar-refractivity contribution in [2.75, 3.05) is 6.61 Å². The Morgan fingerprint density at radius 3 is 2.71 bits per heavy atom. The van der Waals surface area contributed by atoms with E-state index in [1.54, 1.807) is 49.0 Å². The third-order valence-electron chi connectivity index (χ3n) is 6.57. The van der Waals surface area contributed by atoms with Crippen LogP contribution in [0.4, 0.5) is 0 Å². The minimum Gasteiger partial charge on any atom is -0.489 e. The molecule has 11 heteroatoms. The van der Waals surface area contributed by atoms with E-state index < -0.39 is 11.5 Å². The summed E-state index contributed by atoms with van der Waals surface area (Å²) in [5.74, 6) is 0.0721. The molecular weight excluding hydrogens is 506 g/mol. The summed E-state index contributed by atoms with van der Waals surface area (Å²) in [6.07, 6.45) is 5.99. The molecule has 2 amide bonds. The monoisotopic (exact) mass is 537 g/mol. The van der Waals surface area contributed by atoms with Crippen molar-refractivity contribution in [2.24, 2.45) is 5.73 Å². The van der Waals surface area contributed by atoms with E-state index >= 15 is 0 Å². The maximum atomic E-state index is 13.0. The molecule has 0 atom stereocenters. The first kappa shape index (κ1) is 25.9. The highest BCUT2D eigenvalue weighted by Crippen LogP contribution is 2.31. The Morgan fingerprint density at radius 1 is 1.24 bits per heavy atom. The fourth-order valence-corrected chi connectivity index (χ4v) is 5.48. The van der Waals surface area contributed by atoms with Crippen molar-refractivity contribution in [1.29, 1.82) is 0 Å². The largest absolute Gasteiger partial charge is 0.489 e. The van der Waals surface area contributed by atoms with E-state index in [0.29, 0.717) is 29.7 Å². The molecule has 4 aromatic rings. The lowest BCUT2D eigenvalue weighted by Crippen LogP contribution is -2.39. The average Bonchev–Trinajstić information content (AvgIpc) is 3.46. The van der Waals surface area contributed by atoms with Gasteiger partial charge in [0.25, 0.3) is 11.8 Å². The van der Waals surface area contributed by atoms with E-state index in [9.17, 15) is 14.7 Å². The molecule has 4 heterocycles. The number of aromatic nitrogens is 3. The molecule has 1 aliphatic carbocycles. The van der Waals surface area contributed by atoms with Crippen molar-refractivity contribution in [3.05, 3.63) is 52.7 Å². The number of thiophene rings is 1. The lowest BCUT2D eigenvalue weighted by Gasteiger charge is -2.29. The molecule has 1 fully saturated rings. The van der Waals surface area contributed by atoms with E-state index in [4.69, 9.17) is 15.2 Å². The molecule has 200 valence electrons. The number of hydrogen-bond acceptors (Lipinski definition) is 8.